The second kappa shape index (κ2) is 6.32. The highest BCUT2D eigenvalue weighted by atomic mass is 127. The normalized spacial score (nSPS) is 18.1. The summed E-state index contributed by atoms with van der Waals surface area (Å²) in [6, 6.07) is 0. The van der Waals surface area contributed by atoms with Crippen LogP contribution >= 0.6 is 34.2 Å². The van der Waals surface area contributed by atoms with Crippen molar-refractivity contribution in [1.82, 2.24) is 9.97 Å². The minimum atomic E-state index is 0.525. The topological polar surface area (TPSA) is 25.8 Å². The zero-order chi connectivity index (χ0) is 12.3. The molecule has 0 unspecified atom stereocenters. The Morgan fingerprint density at radius 3 is 2.41 bits per heavy atom. The molecule has 0 amide bonds. The zero-order valence-electron chi connectivity index (χ0n) is 10.2. The first kappa shape index (κ1) is 13.5. The van der Waals surface area contributed by atoms with Crippen LogP contribution in [0.4, 0.5) is 0 Å². The van der Waals surface area contributed by atoms with E-state index in [0.29, 0.717) is 11.1 Å². The van der Waals surface area contributed by atoms with E-state index < -0.39 is 0 Å². The van der Waals surface area contributed by atoms with Crippen LogP contribution in [0.5, 0.6) is 0 Å². The van der Waals surface area contributed by atoms with Crippen LogP contribution in [-0.2, 0) is 6.42 Å². The number of nitrogens with zero attached hydrogens (tertiary/aromatic N) is 2. The number of aromatic nitrogens is 2. The van der Waals surface area contributed by atoms with Crippen molar-refractivity contribution in [2.24, 2.45) is 0 Å². The Bertz CT molecular complexity index is 387. The molecule has 0 N–H and O–H groups in total. The summed E-state index contributed by atoms with van der Waals surface area (Å²) in [5.41, 5.74) is 1.10. The molecular formula is C13H18ClIN2. The molecule has 0 radical (unpaired) electrons. The van der Waals surface area contributed by atoms with Crippen LogP contribution in [0.3, 0.4) is 0 Å². The van der Waals surface area contributed by atoms with E-state index in [2.05, 4.69) is 34.5 Å². The lowest BCUT2D eigenvalue weighted by atomic mass is 9.99. The molecule has 0 atom stereocenters. The van der Waals surface area contributed by atoms with Gasteiger partial charge in [-0.15, -0.1) is 0 Å². The predicted octanol–water partition coefficient (Wildman–Crippen LogP) is 4.73. The van der Waals surface area contributed by atoms with Gasteiger partial charge in [-0.25, -0.2) is 9.97 Å². The second-order valence-electron chi connectivity index (χ2n) is 4.68. The lowest BCUT2D eigenvalue weighted by Crippen LogP contribution is -2.08. The SMILES string of the molecule is CCc1nc(C2CCCCCC2)nc(Cl)c1I. The highest BCUT2D eigenvalue weighted by Gasteiger charge is 2.19. The Morgan fingerprint density at radius 2 is 1.82 bits per heavy atom. The number of halogens is 2. The molecular weight excluding hydrogens is 347 g/mol. The summed E-state index contributed by atoms with van der Waals surface area (Å²) in [7, 11) is 0. The predicted molar refractivity (Wildman–Crippen MR) is 79.6 cm³/mol. The fraction of sp³-hybridized carbons (Fsp3) is 0.692. The van der Waals surface area contributed by atoms with E-state index in [0.717, 1.165) is 21.5 Å². The molecule has 1 aliphatic carbocycles. The van der Waals surface area contributed by atoms with Crippen LogP contribution in [0.1, 0.15) is 62.9 Å². The lowest BCUT2D eigenvalue weighted by Gasteiger charge is -2.14. The second-order valence-corrected chi connectivity index (χ2v) is 6.11. The summed E-state index contributed by atoms with van der Waals surface area (Å²) in [4.78, 5) is 9.21. The Balaban J connectivity index is 2.27. The average molecular weight is 365 g/mol. The van der Waals surface area contributed by atoms with Crippen LogP contribution in [0, 0.1) is 3.57 Å². The van der Waals surface area contributed by atoms with Gasteiger partial charge >= 0.3 is 0 Å². The van der Waals surface area contributed by atoms with Gasteiger partial charge in [0.1, 0.15) is 11.0 Å². The van der Waals surface area contributed by atoms with Gasteiger partial charge in [-0.05, 0) is 41.9 Å². The van der Waals surface area contributed by atoms with Crippen LogP contribution in [0.2, 0.25) is 5.15 Å². The summed E-state index contributed by atoms with van der Waals surface area (Å²) >= 11 is 8.44. The fourth-order valence-electron chi connectivity index (χ4n) is 2.44. The Kier molecular flexibility index (Phi) is 5.03. The third-order valence-corrected chi connectivity index (χ3v) is 5.18. The summed E-state index contributed by atoms with van der Waals surface area (Å²) < 4.78 is 1.02. The van der Waals surface area contributed by atoms with Gasteiger partial charge in [-0.3, -0.25) is 0 Å². The van der Waals surface area contributed by atoms with E-state index in [1.807, 2.05) is 0 Å². The van der Waals surface area contributed by atoms with E-state index >= 15 is 0 Å². The molecule has 1 heterocycles. The van der Waals surface area contributed by atoms with Gasteiger partial charge in [-0.2, -0.15) is 0 Å². The van der Waals surface area contributed by atoms with Gasteiger partial charge in [0.2, 0.25) is 0 Å². The van der Waals surface area contributed by atoms with E-state index in [1.165, 1.54) is 38.5 Å². The fourth-order valence-corrected chi connectivity index (χ4v) is 3.25. The van der Waals surface area contributed by atoms with Crippen molar-refractivity contribution in [2.45, 2.75) is 57.8 Å². The molecule has 1 aliphatic rings. The molecule has 1 fully saturated rings. The van der Waals surface area contributed by atoms with Gasteiger partial charge in [-0.1, -0.05) is 44.2 Å². The molecule has 17 heavy (non-hydrogen) atoms. The third-order valence-electron chi connectivity index (χ3n) is 3.45. The number of hydrogen-bond donors (Lipinski definition) is 0. The van der Waals surface area contributed by atoms with E-state index in [-0.39, 0.29) is 0 Å². The Morgan fingerprint density at radius 1 is 1.18 bits per heavy atom. The van der Waals surface area contributed by atoms with Gasteiger partial charge in [0.15, 0.2) is 0 Å². The standard InChI is InChI=1S/C13H18ClIN2/c1-2-10-11(15)12(14)17-13(16-10)9-7-5-3-4-6-8-9/h9H,2-8H2,1H3. The van der Waals surface area contributed by atoms with E-state index in [9.17, 15) is 0 Å². The summed E-state index contributed by atoms with van der Waals surface area (Å²) in [5, 5.41) is 0.636. The molecule has 0 spiro atoms. The van der Waals surface area contributed by atoms with Gasteiger partial charge in [0.25, 0.3) is 0 Å². The van der Waals surface area contributed by atoms with Gasteiger partial charge < -0.3 is 0 Å². The first-order valence-corrected chi connectivity index (χ1v) is 7.89. The van der Waals surface area contributed by atoms with Crippen LogP contribution in [-0.4, -0.2) is 9.97 Å². The summed E-state index contributed by atoms with van der Waals surface area (Å²) in [5.74, 6) is 1.51. The van der Waals surface area contributed by atoms with Crippen LogP contribution in [0.15, 0.2) is 0 Å². The van der Waals surface area contributed by atoms with Crippen molar-refractivity contribution in [2.75, 3.05) is 0 Å². The Hall–Kier alpha value is 0.100. The highest BCUT2D eigenvalue weighted by Crippen LogP contribution is 2.31. The molecule has 1 saturated carbocycles. The monoisotopic (exact) mass is 364 g/mol. The smallest absolute Gasteiger partial charge is 0.146 e. The molecule has 2 rings (SSSR count). The Labute approximate surface area is 122 Å². The highest BCUT2D eigenvalue weighted by molar-refractivity contribution is 14.1. The third kappa shape index (κ3) is 3.31. The van der Waals surface area contributed by atoms with E-state index in [4.69, 9.17) is 16.6 Å². The average Bonchev–Trinajstić information content (AvgIpc) is 2.61. The van der Waals surface area contributed by atoms with Crippen LogP contribution in [0.25, 0.3) is 0 Å². The summed E-state index contributed by atoms with van der Waals surface area (Å²) in [6.45, 7) is 2.12. The summed E-state index contributed by atoms with van der Waals surface area (Å²) in [6.07, 6.45) is 8.70. The van der Waals surface area contributed by atoms with Crippen LogP contribution < -0.4 is 0 Å². The zero-order valence-corrected chi connectivity index (χ0v) is 13.1. The quantitative estimate of drug-likeness (QED) is 0.430. The largest absolute Gasteiger partial charge is 0.236 e. The first-order valence-electron chi connectivity index (χ1n) is 6.44. The van der Waals surface area contributed by atoms with Crippen molar-refractivity contribution in [3.63, 3.8) is 0 Å². The molecule has 1 aromatic rings. The minimum absolute atomic E-state index is 0.525. The van der Waals surface area contributed by atoms with Crippen molar-refractivity contribution in [1.29, 1.82) is 0 Å². The first-order chi connectivity index (χ1) is 8.22. The molecule has 1 aromatic heterocycles. The maximum Gasteiger partial charge on any atom is 0.146 e. The van der Waals surface area contributed by atoms with Gasteiger partial charge in [0, 0.05) is 5.92 Å². The minimum Gasteiger partial charge on any atom is -0.236 e. The van der Waals surface area contributed by atoms with Crippen molar-refractivity contribution in [3.8, 4) is 0 Å². The molecule has 0 aromatic carbocycles. The molecule has 94 valence electrons. The molecule has 0 saturated heterocycles. The lowest BCUT2D eigenvalue weighted by molar-refractivity contribution is 0.557. The number of aryl methyl sites for hydroxylation is 1. The molecule has 2 nitrogen and oxygen atoms in total. The van der Waals surface area contributed by atoms with Crippen molar-refractivity contribution >= 4 is 34.2 Å². The molecule has 0 bridgehead atoms. The number of hydrogen-bond acceptors (Lipinski definition) is 2. The van der Waals surface area contributed by atoms with E-state index in [1.54, 1.807) is 0 Å². The van der Waals surface area contributed by atoms with Crippen molar-refractivity contribution < 1.29 is 0 Å². The van der Waals surface area contributed by atoms with Crippen molar-refractivity contribution in [3.05, 3.63) is 20.2 Å². The van der Waals surface area contributed by atoms with Gasteiger partial charge in [0.05, 0.1) is 9.26 Å². The maximum absolute atomic E-state index is 6.20. The molecule has 0 aliphatic heterocycles. The molecule has 4 heteroatoms. The maximum atomic E-state index is 6.20. The number of rotatable bonds is 2.